The Morgan fingerprint density at radius 3 is 1.57 bits per heavy atom. The highest BCUT2D eigenvalue weighted by molar-refractivity contribution is 7.93. The van der Waals surface area contributed by atoms with E-state index in [0.717, 1.165) is 51.1 Å². The molecule has 4 aromatic carbocycles. The second kappa shape index (κ2) is 19.6. The van der Waals surface area contributed by atoms with Gasteiger partial charge in [0.05, 0.1) is 63.7 Å². The van der Waals surface area contributed by atoms with Gasteiger partial charge in [0.2, 0.25) is 31.6 Å². The van der Waals surface area contributed by atoms with Crippen molar-refractivity contribution in [3.8, 4) is 22.3 Å². The number of benzene rings is 4. The molecular formula is C49H40F4N10O8S3. The van der Waals surface area contributed by atoms with Crippen LogP contribution in [0.25, 0.3) is 66.1 Å². The van der Waals surface area contributed by atoms with Crippen LogP contribution in [-0.4, -0.2) is 93.9 Å². The van der Waals surface area contributed by atoms with Gasteiger partial charge < -0.3 is 9.97 Å². The third kappa shape index (κ3) is 9.95. The molecule has 0 unspecified atom stereocenters. The molecule has 0 amide bonds. The molecule has 10 aromatic rings. The monoisotopic (exact) mass is 1070 g/mol. The molecule has 380 valence electrons. The largest absolute Gasteiger partial charge is 0.345 e. The van der Waals surface area contributed by atoms with Gasteiger partial charge >= 0.3 is 0 Å². The van der Waals surface area contributed by atoms with E-state index in [0.29, 0.717) is 45.0 Å². The zero-order chi connectivity index (χ0) is 52.9. The number of anilines is 2. The van der Waals surface area contributed by atoms with Gasteiger partial charge in [-0.2, -0.15) is 14.3 Å². The Labute approximate surface area is 418 Å². The smallest absolute Gasteiger partial charge is 0.251 e. The van der Waals surface area contributed by atoms with Gasteiger partial charge in [0.1, 0.15) is 22.9 Å². The third-order valence-electron chi connectivity index (χ3n) is 11.6. The highest BCUT2D eigenvalue weighted by atomic mass is 32.2. The third-order valence-corrected chi connectivity index (χ3v) is 15.5. The van der Waals surface area contributed by atoms with Gasteiger partial charge in [0.25, 0.3) is 10.0 Å². The molecule has 74 heavy (non-hydrogen) atoms. The Morgan fingerprint density at radius 1 is 0.595 bits per heavy atom. The van der Waals surface area contributed by atoms with Crippen LogP contribution < -0.4 is 9.44 Å². The van der Waals surface area contributed by atoms with Crippen molar-refractivity contribution in [2.75, 3.05) is 27.2 Å². The summed E-state index contributed by atoms with van der Waals surface area (Å²) in [5, 5.41) is 12.9. The fourth-order valence-electron chi connectivity index (χ4n) is 8.20. The summed E-state index contributed by atoms with van der Waals surface area (Å²) in [5.41, 5.74) is 1.73. The summed E-state index contributed by atoms with van der Waals surface area (Å²) in [4.78, 5) is 40.9. The molecule has 6 heterocycles. The average Bonchev–Trinajstić information content (AvgIpc) is 4.18. The van der Waals surface area contributed by atoms with Gasteiger partial charge in [-0.1, -0.05) is 26.0 Å². The number of nitrogens with one attached hydrogen (secondary N) is 5. The topological polar surface area (TPSA) is 264 Å². The van der Waals surface area contributed by atoms with E-state index in [1.165, 1.54) is 24.8 Å². The normalized spacial score (nSPS) is 12.1. The Kier molecular flexibility index (Phi) is 13.4. The molecule has 0 aliphatic heterocycles. The number of rotatable bonds is 15. The van der Waals surface area contributed by atoms with Crippen molar-refractivity contribution in [1.29, 1.82) is 0 Å². The van der Waals surface area contributed by atoms with E-state index in [-0.39, 0.29) is 40.1 Å². The molecule has 0 fully saturated rings. The molecule has 6 aromatic heterocycles. The van der Waals surface area contributed by atoms with Crippen LogP contribution in [0.3, 0.4) is 0 Å². The maximum atomic E-state index is 15.3. The van der Waals surface area contributed by atoms with Crippen molar-refractivity contribution in [1.82, 2.24) is 39.3 Å². The summed E-state index contributed by atoms with van der Waals surface area (Å²) in [6.45, 7) is 3.29. The zero-order valence-electron chi connectivity index (χ0n) is 39.0. The number of fused-ring (bicyclic) bond motifs is 4. The fourth-order valence-corrected chi connectivity index (χ4v) is 11.2. The van der Waals surface area contributed by atoms with Crippen molar-refractivity contribution in [3.63, 3.8) is 0 Å². The second-order valence-corrected chi connectivity index (χ2v) is 22.4. The minimum atomic E-state index is -3.89. The van der Waals surface area contributed by atoms with E-state index in [9.17, 15) is 43.6 Å². The van der Waals surface area contributed by atoms with Crippen LogP contribution in [-0.2, 0) is 30.1 Å². The number of aromatic nitrogens is 8. The highest BCUT2D eigenvalue weighted by Crippen LogP contribution is 2.33. The molecule has 0 saturated heterocycles. The number of H-pyrrole nitrogens is 3. The molecule has 25 heteroatoms. The van der Waals surface area contributed by atoms with E-state index in [1.54, 1.807) is 56.6 Å². The van der Waals surface area contributed by atoms with Crippen LogP contribution in [0.4, 0.5) is 28.9 Å². The molecule has 10 rings (SSSR count). The lowest BCUT2D eigenvalue weighted by Crippen LogP contribution is -2.18. The van der Waals surface area contributed by atoms with Gasteiger partial charge in [-0.05, 0) is 84.6 Å². The summed E-state index contributed by atoms with van der Waals surface area (Å²) < 4.78 is 137. The second-order valence-electron chi connectivity index (χ2n) is 16.9. The van der Waals surface area contributed by atoms with E-state index >= 15 is 8.78 Å². The van der Waals surface area contributed by atoms with E-state index < -0.39 is 87.4 Å². The summed E-state index contributed by atoms with van der Waals surface area (Å²) in [5.74, 6) is -7.31. The number of hydrogen-bond donors (Lipinski definition) is 5. The number of pyridine rings is 2. The molecular weight excluding hydrogens is 1030 g/mol. The number of carbonyl (C=O) groups is 2. The summed E-state index contributed by atoms with van der Waals surface area (Å²) in [7, 11) is -11.3. The zero-order valence-corrected chi connectivity index (χ0v) is 41.4. The molecule has 0 aliphatic carbocycles. The van der Waals surface area contributed by atoms with Gasteiger partial charge in [-0.25, -0.2) is 52.8 Å². The first kappa shape index (κ1) is 50.6. The van der Waals surface area contributed by atoms with Crippen molar-refractivity contribution < 1.29 is 52.4 Å². The molecule has 0 bridgehead atoms. The molecule has 0 saturated carbocycles. The highest BCUT2D eigenvalue weighted by Gasteiger charge is 2.28. The first-order chi connectivity index (χ1) is 35.2. The predicted octanol–water partition coefficient (Wildman–Crippen LogP) is 8.82. The van der Waals surface area contributed by atoms with Gasteiger partial charge in [-0.15, -0.1) is 0 Å². The van der Waals surface area contributed by atoms with Crippen molar-refractivity contribution >= 4 is 96.9 Å². The number of ketones is 2. The average molecular weight is 1070 g/mol. The molecule has 0 spiro atoms. The summed E-state index contributed by atoms with van der Waals surface area (Å²) in [6, 6.07) is 17.5. The lowest BCUT2D eigenvalue weighted by atomic mass is 9.99. The molecule has 0 aliphatic rings. The van der Waals surface area contributed by atoms with Crippen LogP contribution in [0.15, 0.2) is 110 Å². The quantitative estimate of drug-likeness (QED) is 0.0476. The summed E-state index contributed by atoms with van der Waals surface area (Å²) in [6.07, 6.45) is 10.5. The Hall–Kier alpha value is -8.29. The standard InChI is InChI=1S/C25H21F2N5O5S2.C24H19F2N5O3S/c1-3-8-39(36,37)31-20-6-5-19(26)22(23(20)27)24(33)18-13-29-25-17(18)10-15(11-28-25)14-4-7-21-16(9-14)12-30-32(21)38(2,34)35;1-2-7-35(33,34)31-20-6-4-18(25)21(22(20)26)23(32)17-12-28-24-16(17)9-14(10-27-24)13-3-5-19-15(8-13)11-29-30-19/h4-7,9-13,31H,3,8H2,1-2H3,(H,28,29);3-6,8-12,31H,2,7H2,1H3,(H,27,28)(H,29,30). The predicted molar refractivity (Wildman–Crippen MR) is 271 cm³/mol. The van der Waals surface area contributed by atoms with Gasteiger partial charge in [0.15, 0.2) is 11.6 Å². The Bertz CT molecular complexity index is 4250. The first-order valence-electron chi connectivity index (χ1n) is 22.3. The number of aromatic amines is 3. The van der Waals surface area contributed by atoms with Crippen molar-refractivity contribution in [3.05, 3.63) is 156 Å². The van der Waals surface area contributed by atoms with Crippen LogP contribution in [0.2, 0.25) is 0 Å². The van der Waals surface area contributed by atoms with Crippen LogP contribution in [0, 0.1) is 23.3 Å². The fraction of sp³-hybridized carbons (Fsp3) is 0.143. The molecule has 5 N–H and O–H groups in total. The Balaban J connectivity index is 0.000000183. The lowest BCUT2D eigenvalue weighted by Gasteiger charge is -2.11. The molecule has 18 nitrogen and oxygen atoms in total. The van der Waals surface area contributed by atoms with Crippen molar-refractivity contribution in [2.24, 2.45) is 0 Å². The van der Waals surface area contributed by atoms with Crippen molar-refractivity contribution in [2.45, 2.75) is 26.7 Å². The SMILES string of the molecule is CCCS(=O)(=O)Nc1ccc(F)c(C(=O)c2c[nH]c3ncc(-c4ccc5[nH]ncc5c4)cc23)c1F.CCCS(=O)(=O)Nc1ccc(F)c(C(=O)c2c[nH]c3ncc(-c4ccc5c(cnn5S(C)(=O)=O)c4)cc23)c1F. The molecule has 0 radical (unpaired) electrons. The number of nitrogens with zero attached hydrogens (tertiary/aromatic N) is 5. The minimum Gasteiger partial charge on any atom is -0.345 e. The van der Waals surface area contributed by atoms with Crippen LogP contribution in [0.1, 0.15) is 58.5 Å². The Morgan fingerprint density at radius 2 is 1.08 bits per heavy atom. The maximum Gasteiger partial charge on any atom is 0.251 e. The maximum absolute atomic E-state index is 15.3. The van der Waals surface area contributed by atoms with Crippen LogP contribution >= 0.6 is 0 Å². The lowest BCUT2D eigenvalue weighted by molar-refractivity contribution is 0.102. The van der Waals surface area contributed by atoms with E-state index in [4.69, 9.17) is 0 Å². The van der Waals surface area contributed by atoms with Gasteiger partial charge in [0, 0.05) is 68.6 Å². The number of hydrogen-bond acceptors (Lipinski definition) is 12. The van der Waals surface area contributed by atoms with Gasteiger partial charge in [-0.3, -0.25) is 24.1 Å². The minimum absolute atomic E-state index is 0.00473. The van der Waals surface area contributed by atoms with Crippen LogP contribution in [0.5, 0.6) is 0 Å². The molecule has 0 atom stereocenters. The van der Waals surface area contributed by atoms with E-state index in [1.807, 2.05) is 18.2 Å². The number of sulfonamides is 2. The number of halogens is 4. The van der Waals surface area contributed by atoms with E-state index in [2.05, 4.69) is 44.7 Å². The first-order valence-corrected chi connectivity index (χ1v) is 27.4. The summed E-state index contributed by atoms with van der Waals surface area (Å²) >= 11 is 0. The number of carbonyl (C=O) groups excluding carboxylic acids is 2.